The molecule has 1 aliphatic rings. The van der Waals surface area contributed by atoms with Gasteiger partial charge in [-0.3, -0.25) is 4.79 Å². The van der Waals surface area contributed by atoms with Gasteiger partial charge < -0.3 is 5.11 Å². The maximum Gasteiger partial charge on any atom is 0.322 e. The Morgan fingerprint density at radius 3 is 2.75 bits per heavy atom. The van der Waals surface area contributed by atoms with Crippen molar-refractivity contribution in [3.8, 4) is 10.6 Å². The molecule has 0 unspecified atom stereocenters. The molecule has 1 aromatic heterocycles. The van der Waals surface area contributed by atoms with Crippen molar-refractivity contribution < 1.29 is 18.3 Å². The first-order chi connectivity index (χ1) is 11.3. The highest BCUT2D eigenvalue weighted by Crippen LogP contribution is 2.33. The molecule has 24 heavy (non-hydrogen) atoms. The molecular formula is C16H18N2O4S2. The first kappa shape index (κ1) is 17.1. The van der Waals surface area contributed by atoms with Crippen LogP contribution in [-0.4, -0.2) is 40.9 Å². The van der Waals surface area contributed by atoms with Gasteiger partial charge in [0.05, 0.1) is 4.90 Å². The van der Waals surface area contributed by atoms with Gasteiger partial charge in [0.25, 0.3) is 0 Å². The number of nitrogens with zero attached hydrogens (tertiary/aromatic N) is 2. The van der Waals surface area contributed by atoms with Crippen LogP contribution in [-0.2, 0) is 14.8 Å². The third kappa shape index (κ3) is 2.97. The molecule has 2 aromatic rings. The quantitative estimate of drug-likeness (QED) is 0.899. The van der Waals surface area contributed by atoms with E-state index in [2.05, 4.69) is 4.98 Å². The van der Waals surface area contributed by atoms with Crippen molar-refractivity contribution in [1.29, 1.82) is 0 Å². The molecule has 128 valence electrons. The molecule has 3 rings (SSSR count). The lowest BCUT2D eigenvalue weighted by atomic mass is 10.2. The van der Waals surface area contributed by atoms with E-state index in [1.165, 1.54) is 17.4 Å². The van der Waals surface area contributed by atoms with E-state index in [1.54, 1.807) is 25.1 Å². The van der Waals surface area contributed by atoms with Crippen molar-refractivity contribution in [3.05, 3.63) is 35.3 Å². The Bertz CT molecular complexity index is 876. The predicted octanol–water partition coefficient (Wildman–Crippen LogP) is 2.74. The number of carboxylic acids is 1. The molecule has 1 N–H and O–H groups in total. The summed E-state index contributed by atoms with van der Waals surface area (Å²) in [5.74, 6) is -1.10. The molecule has 0 radical (unpaired) electrons. The zero-order chi connectivity index (χ0) is 17.5. The molecule has 1 saturated heterocycles. The Morgan fingerprint density at radius 2 is 2.12 bits per heavy atom. The van der Waals surface area contributed by atoms with Crippen LogP contribution >= 0.6 is 11.3 Å². The highest BCUT2D eigenvalue weighted by Gasteiger charge is 2.43. The summed E-state index contributed by atoms with van der Waals surface area (Å²) in [5.41, 5.74) is 1.59. The van der Waals surface area contributed by atoms with E-state index < -0.39 is 22.0 Å². The summed E-state index contributed by atoms with van der Waals surface area (Å²) in [6.45, 7) is 3.62. The summed E-state index contributed by atoms with van der Waals surface area (Å²) in [5, 5.41) is 12.0. The normalized spacial score (nSPS) is 21.9. The SMILES string of the molecule is Cc1csc(-c2cccc(S(=O)(=O)N3[C@@H](C)CC[C@H]3C(=O)O)c2)n1. The van der Waals surface area contributed by atoms with Gasteiger partial charge in [-0.05, 0) is 38.8 Å². The number of hydrogen-bond donors (Lipinski definition) is 1. The minimum absolute atomic E-state index is 0.104. The average Bonchev–Trinajstić information content (AvgIpc) is 3.13. The summed E-state index contributed by atoms with van der Waals surface area (Å²) < 4.78 is 27.1. The standard InChI is InChI=1S/C16H18N2O4S2/c1-10-9-23-15(17-10)12-4-3-5-13(8-12)24(21,22)18-11(2)6-7-14(18)16(19)20/h3-5,8-9,11,14H,6-7H2,1-2H3,(H,19,20)/t11-,14-/m0/s1. The fourth-order valence-corrected chi connectivity index (χ4v) is 5.67. The highest BCUT2D eigenvalue weighted by atomic mass is 32.2. The van der Waals surface area contributed by atoms with Crippen LogP contribution in [0.2, 0.25) is 0 Å². The number of hydrogen-bond acceptors (Lipinski definition) is 5. The van der Waals surface area contributed by atoms with Crippen LogP contribution in [0.5, 0.6) is 0 Å². The highest BCUT2D eigenvalue weighted by molar-refractivity contribution is 7.89. The molecule has 1 aromatic carbocycles. The molecule has 0 saturated carbocycles. The van der Waals surface area contributed by atoms with Crippen molar-refractivity contribution in [3.63, 3.8) is 0 Å². The first-order valence-corrected chi connectivity index (χ1v) is 9.91. The largest absolute Gasteiger partial charge is 0.480 e. The van der Waals surface area contributed by atoms with Gasteiger partial charge in [-0.1, -0.05) is 12.1 Å². The zero-order valence-electron chi connectivity index (χ0n) is 13.3. The van der Waals surface area contributed by atoms with Crippen LogP contribution < -0.4 is 0 Å². The number of aromatic nitrogens is 1. The second-order valence-electron chi connectivity index (χ2n) is 5.94. The number of aryl methyl sites for hydroxylation is 1. The van der Waals surface area contributed by atoms with Gasteiger partial charge in [0.1, 0.15) is 11.0 Å². The van der Waals surface area contributed by atoms with Gasteiger partial charge in [0.15, 0.2) is 0 Å². The van der Waals surface area contributed by atoms with Crippen molar-refractivity contribution in [1.82, 2.24) is 9.29 Å². The number of carboxylic acid groups (broad SMARTS) is 1. The van der Waals surface area contributed by atoms with Crippen molar-refractivity contribution in [2.45, 2.75) is 43.7 Å². The van der Waals surface area contributed by atoms with E-state index in [0.717, 1.165) is 15.0 Å². The Kier molecular flexibility index (Phi) is 4.46. The van der Waals surface area contributed by atoms with E-state index in [1.807, 2.05) is 12.3 Å². The van der Waals surface area contributed by atoms with E-state index in [-0.39, 0.29) is 10.9 Å². The average molecular weight is 366 g/mol. The Labute approximate surface area is 144 Å². The lowest BCUT2D eigenvalue weighted by Gasteiger charge is -2.25. The summed E-state index contributed by atoms with van der Waals surface area (Å²) >= 11 is 1.45. The predicted molar refractivity (Wildman–Crippen MR) is 91.4 cm³/mol. The van der Waals surface area contributed by atoms with Crippen LogP contribution in [0.4, 0.5) is 0 Å². The van der Waals surface area contributed by atoms with Crippen molar-refractivity contribution >= 4 is 27.3 Å². The molecule has 0 spiro atoms. The molecule has 2 heterocycles. The number of thiazole rings is 1. The molecule has 1 aliphatic heterocycles. The van der Waals surface area contributed by atoms with Crippen LogP contribution in [0, 0.1) is 6.92 Å². The lowest BCUT2D eigenvalue weighted by Crippen LogP contribution is -2.43. The molecule has 8 heteroatoms. The number of rotatable bonds is 4. The Morgan fingerprint density at radius 1 is 1.38 bits per heavy atom. The fraction of sp³-hybridized carbons (Fsp3) is 0.375. The summed E-state index contributed by atoms with van der Waals surface area (Å²) in [6, 6.07) is 5.20. The number of aliphatic carboxylic acids is 1. The van der Waals surface area contributed by atoms with E-state index >= 15 is 0 Å². The van der Waals surface area contributed by atoms with Gasteiger partial charge >= 0.3 is 5.97 Å². The molecule has 0 aliphatic carbocycles. The Hall–Kier alpha value is -1.77. The molecule has 0 bridgehead atoms. The number of benzene rings is 1. The van der Waals surface area contributed by atoms with E-state index in [9.17, 15) is 18.3 Å². The monoisotopic (exact) mass is 366 g/mol. The van der Waals surface area contributed by atoms with Crippen LogP contribution in [0.1, 0.15) is 25.5 Å². The maximum absolute atomic E-state index is 13.0. The summed E-state index contributed by atoms with van der Waals surface area (Å²) in [6.07, 6.45) is 0.878. The lowest BCUT2D eigenvalue weighted by molar-refractivity contribution is -0.140. The van der Waals surface area contributed by atoms with Gasteiger partial charge in [-0.25, -0.2) is 13.4 Å². The minimum Gasteiger partial charge on any atom is -0.480 e. The Balaban J connectivity index is 2.02. The molecule has 2 atom stereocenters. The van der Waals surface area contributed by atoms with E-state index in [0.29, 0.717) is 18.4 Å². The zero-order valence-corrected chi connectivity index (χ0v) is 15.0. The third-order valence-corrected chi connectivity index (χ3v) is 7.19. The topological polar surface area (TPSA) is 87.6 Å². The molecular weight excluding hydrogens is 348 g/mol. The van der Waals surface area contributed by atoms with Crippen LogP contribution in [0.3, 0.4) is 0 Å². The molecule has 1 fully saturated rings. The minimum atomic E-state index is -3.88. The van der Waals surface area contributed by atoms with Crippen LogP contribution in [0.15, 0.2) is 34.5 Å². The smallest absolute Gasteiger partial charge is 0.322 e. The van der Waals surface area contributed by atoms with Crippen molar-refractivity contribution in [2.75, 3.05) is 0 Å². The second-order valence-corrected chi connectivity index (χ2v) is 8.64. The van der Waals surface area contributed by atoms with Gasteiger partial charge in [0.2, 0.25) is 10.0 Å². The number of carbonyl (C=O) groups is 1. The third-order valence-electron chi connectivity index (χ3n) is 4.16. The van der Waals surface area contributed by atoms with Gasteiger partial charge in [-0.2, -0.15) is 4.31 Å². The second kappa shape index (κ2) is 6.27. The summed E-state index contributed by atoms with van der Waals surface area (Å²) in [7, 11) is -3.88. The van der Waals surface area contributed by atoms with Gasteiger partial charge in [0, 0.05) is 22.7 Å². The molecule has 6 nitrogen and oxygen atoms in total. The maximum atomic E-state index is 13.0. The first-order valence-electron chi connectivity index (χ1n) is 7.59. The van der Waals surface area contributed by atoms with Gasteiger partial charge in [-0.15, -0.1) is 11.3 Å². The number of sulfonamides is 1. The fourth-order valence-electron chi connectivity index (χ4n) is 3.00. The van der Waals surface area contributed by atoms with E-state index in [4.69, 9.17) is 0 Å². The molecule has 0 amide bonds. The van der Waals surface area contributed by atoms with Crippen LogP contribution in [0.25, 0.3) is 10.6 Å². The summed E-state index contributed by atoms with van der Waals surface area (Å²) in [4.78, 5) is 15.9. The van der Waals surface area contributed by atoms with Crippen molar-refractivity contribution in [2.24, 2.45) is 0 Å².